The Morgan fingerprint density at radius 1 is 0.460 bits per heavy atom. The van der Waals surface area contributed by atoms with E-state index >= 15 is 0 Å². The first kappa shape index (κ1) is 17.3. The van der Waals surface area contributed by atoms with Gasteiger partial charge in [-0.25, -0.2) is 15.0 Å². The molecule has 0 aliphatic carbocycles. The molecular formula is C45H27N3OS. The number of aromatic nitrogens is 3. The van der Waals surface area contributed by atoms with Crippen molar-refractivity contribution in [3.05, 3.63) is 163 Å². The number of furan rings is 1. The number of nitrogens with zero attached hydrogens (tertiary/aromatic N) is 3. The van der Waals surface area contributed by atoms with E-state index in [1.54, 1.807) is 35.6 Å². The lowest BCUT2D eigenvalue weighted by Gasteiger charge is -2.09. The van der Waals surface area contributed by atoms with Crippen LogP contribution in [0.1, 0.15) is 20.6 Å². The van der Waals surface area contributed by atoms with E-state index in [1.165, 1.54) is 0 Å². The molecule has 0 unspecified atom stereocenters. The van der Waals surface area contributed by atoms with Crippen molar-refractivity contribution in [2.75, 3.05) is 0 Å². The summed E-state index contributed by atoms with van der Waals surface area (Å²) >= 11 is 1.60. The normalized spacial score (nSPS) is 15.8. The summed E-state index contributed by atoms with van der Waals surface area (Å²) in [6, 6.07) is 11.8. The molecule has 7 aromatic carbocycles. The van der Waals surface area contributed by atoms with E-state index in [1.807, 2.05) is 48.5 Å². The van der Waals surface area contributed by atoms with Crippen molar-refractivity contribution >= 4 is 53.4 Å². The summed E-state index contributed by atoms with van der Waals surface area (Å²) in [5.74, 6) is 0.270. The maximum absolute atomic E-state index is 9.59. The van der Waals surface area contributed by atoms with Crippen LogP contribution in [0, 0.1) is 0 Å². The van der Waals surface area contributed by atoms with Crippen LogP contribution >= 0.6 is 11.3 Å². The van der Waals surface area contributed by atoms with Crippen LogP contribution in [0.2, 0.25) is 0 Å². The van der Waals surface area contributed by atoms with E-state index in [0.717, 1.165) is 20.2 Å². The Morgan fingerprint density at radius 2 is 1.20 bits per heavy atom. The third-order valence-electron chi connectivity index (χ3n) is 8.22. The Labute approximate surface area is 313 Å². The smallest absolute Gasteiger partial charge is 0.164 e. The van der Waals surface area contributed by atoms with Crippen molar-refractivity contribution < 1.29 is 25.0 Å². The molecule has 0 atom stereocenters. The van der Waals surface area contributed by atoms with Gasteiger partial charge in [0.1, 0.15) is 11.2 Å². The molecule has 10 rings (SSSR count). The summed E-state index contributed by atoms with van der Waals surface area (Å²) in [4.78, 5) is 14.5. The van der Waals surface area contributed by atoms with Gasteiger partial charge in [-0.2, -0.15) is 0 Å². The first-order chi connectivity index (χ1) is 31.0. The maximum atomic E-state index is 9.59. The number of benzene rings is 7. The zero-order valence-corrected chi connectivity index (χ0v) is 26.4. The monoisotopic (exact) mass is 672 g/mol. The summed E-state index contributed by atoms with van der Waals surface area (Å²) in [6.07, 6.45) is 0. The lowest BCUT2D eigenvalue weighted by molar-refractivity contribution is 0.670. The van der Waals surface area contributed by atoms with Crippen molar-refractivity contribution in [3.8, 4) is 56.4 Å². The Hall–Kier alpha value is -6.43. The van der Waals surface area contributed by atoms with Gasteiger partial charge in [0.15, 0.2) is 17.5 Å². The number of thiophene rings is 1. The van der Waals surface area contributed by atoms with E-state index in [2.05, 4.69) is 0 Å². The second-order valence-corrected chi connectivity index (χ2v) is 12.3. The van der Waals surface area contributed by atoms with Crippen LogP contribution in [0.5, 0.6) is 0 Å². The molecule has 50 heavy (non-hydrogen) atoms. The third-order valence-corrected chi connectivity index (χ3v) is 9.36. The zero-order chi connectivity index (χ0) is 46.1. The summed E-state index contributed by atoms with van der Waals surface area (Å²) < 4.78 is 141. The molecule has 0 aliphatic rings. The molecule has 0 fully saturated rings. The van der Waals surface area contributed by atoms with E-state index in [-0.39, 0.29) is 39.4 Å². The van der Waals surface area contributed by atoms with Crippen LogP contribution in [0.4, 0.5) is 0 Å². The van der Waals surface area contributed by atoms with Gasteiger partial charge in [0.25, 0.3) is 0 Å². The molecule has 0 aliphatic heterocycles. The van der Waals surface area contributed by atoms with Gasteiger partial charge in [-0.15, -0.1) is 11.3 Å². The van der Waals surface area contributed by atoms with Gasteiger partial charge in [-0.05, 0) is 47.0 Å². The van der Waals surface area contributed by atoms with Crippen molar-refractivity contribution in [1.82, 2.24) is 15.0 Å². The van der Waals surface area contributed by atoms with Gasteiger partial charge < -0.3 is 4.42 Å². The lowest BCUT2D eigenvalue weighted by atomic mass is 9.97. The van der Waals surface area contributed by atoms with Gasteiger partial charge in [0.2, 0.25) is 0 Å². The maximum Gasteiger partial charge on any atom is 0.164 e. The highest BCUT2D eigenvalue weighted by Crippen LogP contribution is 2.41. The van der Waals surface area contributed by atoms with E-state index in [0.29, 0.717) is 11.1 Å². The van der Waals surface area contributed by atoms with Gasteiger partial charge in [0.05, 0.1) is 20.6 Å². The van der Waals surface area contributed by atoms with Gasteiger partial charge in [-0.3, -0.25) is 0 Å². The second-order valence-electron chi connectivity index (χ2n) is 11.2. The van der Waals surface area contributed by atoms with Gasteiger partial charge in [-0.1, -0.05) is 133 Å². The minimum Gasteiger partial charge on any atom is -0.455 e. The molecule has 234 valence electrons. The Bertz CT molecular complexity index is 3710. The predicted molar refractivity (Wildman–Crippen MR) is 207 cm³/mol. The average Bonchev–Trinajstić information content (AvgIpc) is 3.90. The SMILES string of the molecule is [2H]c1c([2H])c([2H])c(-c2c([2H])c([2H])c([2H])c(-c3c([2H])c([2H])c([2H])c4c3oc3c([2H])c(-c5nc(-c6ccccc6)nc(-c6cccc7sc8ccccc8c67)n5)c([2H])c([2H])c34)c2[2H])c([2H])c1[2H]. The van der Waals surface area contributed by atoms with E-state index in [4.69, 9.17) is 34.4 Å². The van der Waals surface area contributed by atoms with E-state index < -0.39 is 118 Å². The van der Waals surface area contributed by atoms with Crippen LogP contribution in [0.3, 0.4) is 0 Å². The highest BCUT2D eigenvalue weighted by atomic mass is 32.1. The highest BCUT2D eigenvalue weighted by molar-refractivity contribution is 7.25. The summed E-state index contributed by atoms with van der Waals surface area (Å²) in [5, 5.41) is 1.28. The second kappa shape index (κ2) is 11.6. The summed E-state index contributed by atoms with van der Waals surface area (Å²) in [5.41, 5.74) is -2.15. The molecule has 4 nitrogen and oxygen atoms in total. The number of hydrogen-bond acceptors (Lipinski definition) is 5. The molecular weight excluding hydrogens is 631 g/mol. The molecule has 0 amide bonds. The molecule has 5 heteroatoms. The van der Waals surface area contributed by atoms with Crippen LogP contribution in [0.15, 0.2) is 168 Å². The van der Waals surface area contributed by atoms with Crippen molar-refractivity contribution in [3.63, 3.8) is 0 Å². The number of rotatable bonds is 5. The Morgan fingerprint density at radius 3 is 2.10 bits per heavy atom. The van der Waals surface area contributed by atoms with Crippen molar-refractivity contribution in [2.24, 2.45) is 0 Å². The number of fused-ring (bicyclic) bond motifs is 6. The van der Waals surface area contributed by atoms with Crippen molar-refractivity contribution in [1.29, 1.82) is 0 Å². The van der Waals surface area contributed by atoms with Crippen LogP contribution in [-0.4, -0.2) is 15.0 Å². The standard InChI is InChI=1S/C45H27N3OS/c1-3-12-28(13-4-1)30-16-9-17-31(26-30)33-19-10-20-35-34-25-24-32(27-38(34)49-42(33)35)44-46-43(29-14-5-2-6-15-29)47-45(48-44)37-21-11-23-40-41(37)36-18-7-8-22-39(36)50-40/h1-27H/i1D,3D,4D,9D,10D,12D,13D,16D,17D,19D,20D,24D,25D,26D,27D. The molecule has 3 heterocycles. The zero-order valence-electron chi connectivity index (χ0n) is 40.6. The molecule has 3 aromatic heterocycles. The van der Waals surface area contributed by atoms with Crippen molar-refractivity contribution in [2.45, 2.75) is 0 Å². The molecule has 0 spiro atoms. The molecule has 0 saturated heterocycles. The van der Waals surface area contributed by atoms with Crippen LogP contribution in [-0.2, 0) is 0 Å². The molecule has 10 aromatic rings. The minimum atomic E-state index is -0.841. The molecule has 0 radical (unpaired) electrons. The summed E-state index contributed by atoms with van der Waals surface area (Å²) in [7, 11) is 0. The average molecular weight is 673 g/mol. The Balaban J connectivity index is 1.28. The fourth-order valence-corrected chi connectivity index (χ4v) is 7.09. The molecule has 0 saturated carbocycles. The first-order valence-electron chi connectivity index (χ1n) is 22.9. The fraction of sp³-hybridized carbons (Fsp3) is 0. The predicted octanol–water partition coefficient (Wildman–Crippen LogP) is 12.5. The number of para-hydroxylation sites is 1. The third kappa shape index (κ3) is 4.79. The van der Waals surface area contributed by atoms with E-state index in [9.17, 15) is 5.48 Å². The first-order valence-corrected chi connectivity index (χ1v) is 16.2. The molecule has 0 bridgehead atoms. The van der Waals surface area contributed by atoms with Gasteiger partial charge >= 0.3 is 0 Å². The fourth-order valence-electron chi connectivity index (χ4n) is 5.96. The largest absolute Gasteiger partial charge is 0.455 e. The molecule has 0 N–H and O–H groups in total. The van der Waals surface area contributed by atoms with Crippen LogP contribution in [0.25, 0.3) is 98.5 Å². The quantitative estimate of drug-likeness (QED) is 0.183. The highest BCUT2D eigenvalue weighted by Gasteiger charge is 2.19. The summed E-state index contributed by atoms with van der Waals surface area (Å²) in [6.45, 7) is 0. The van der Waals surface area contributed by atoms with Crippen LogP contribution < -0.4 is 0 Å². The Kier molecular flexibility index (Phi) is 4.02. The lowest BCUT2D eigenvalue weighted by Crippen LogP contribution is -2.00. The minimum absolute atomic E-state index is 0.153. The van der Waals surface area contributed by atoms with Gasteiger partial charge in [0, 0.05) is 53.2 Å². The topological polar surface area (TPSA) is 51.8 Å². The number of hydrogen-bond donors (Lipinski definition) is 0.